The van der Waals surface area contributed by atoms with E-state index in [4.69, 9.17) is 15.5 Å². The number of imidazole rings is 1. The van der Waals surface area contributed by atoms with Crippen LogP contribution in [0.25, 0.3) is 16.8 Å². The van der Waals surface area contributed by atoms with Gasteiger partial charge in [-0.05, 0) is 62.1 Å². The minimum Gasteiger partial charge on any atom is -0.489 e. The fraction of sp³-hybridized carbons (Fsp3) is 0.321. The number of nitrogen functional groups attached to an aromatic ring is 1. The van der Waals surface area contributed by atoms with Crippen LogP contribution in [0, 0.1) is 0 Å². The molecule has 0 bridgehead atoms. The lowest BCUT2D eigenvalue weighted by atomic mass is 9.85. The van der Waals surface area contributed by atoms with Crippen LogP contribution in [0.1, 0.15) is 49.4 Å². The summed E-state index contributed by atoms with van der Waals surface area (Å²) >= 11 is 0. The number of carbonyl (C=O) groups excluding carboxylic acids is 1. The minimum atomic E-state index is -0.110. The molecule has 0 spiro atoms. The minimum absolute atomic E-state index is 0.0144. The van der Waals surface area contributed by atoms with Crippen molar-refractivity contribution in [2.24, 2.45) is 0 Å². The van der Waals surface area contributed by atoms with Crippen molar-refractivity contribution in [3.8, 4) is 17.0 Å². The van der Waals surface area contributed by atoms with Gasteiger partial charge in [0.1, 0.15) is 35.2 Å². The molecule has 1 aliphatic carbocycles. The monoisotopic (exact) mass is 482 g/mol. The highest BCUT2D eigenvalue weighted by molar-refractivity contribution is 5.95. The molecule has 8 heteroatoms. The number of rotatable bonds is 7. The normalized spacial score (nSPS) is 17.7. The van der Waals surface area contributed by atoms with Crippen LogP contribution in [0.5, 0.6) is 5.75 Å². The molecule has 2 aromatic heterocycles. The first-order valence-electron chi connectivity index (χ1n) is 12.6. The summed E-state index contributed by atoms with van der Waals surface area (Å²) in [6.45, 7) is 1.28. The lowest BCUT2D eigenvalue weighted by Gasteiger charge is -2.23. The molecule has 184 valence electrons. The number of aromatic nitrogens is 3. The first kappa shape index (κ1) is 22.5. The van der Waals surface area contributed by atoms with Crippen LogP contribution in [0.3, 0.4) is 0 Å². The van der Waals surface area contributed by atoms with Crippen molar-refractivity contribution in [2.75, 3.05) is 17.6 Å². The van der Waals surface area contributed by atoms with Gasteiger partial charge in [-0.15, -0.1) is 0 Å². The SMILES string of the molecule is Nc1nccn2c(C3CCC3)nc(-c3cccc(OCc4cccc(NC(=O)C5CCCN5)c4)c3)c12. The Bertz CT molecular complexity index is 1400. The molecule has 2 aromatic carbocycles. The maximum absolute atomic E-state index is 12.4. The molecule has 2 aliphatic rings. The molecule has 3 heterocycles. The van der Waals surface area contributed by atoms with E-state index in [1.807, 2.05) is 54.7 Å². The van der Waals surface area contributed by atoms with Crippen LogP contribution < -0.4 is 21.1 Å². The Morgan fingerprint density at radius 1 is 1.14 bits per heavy atom. The summed E-state index contributed by atoms with van der Waals surface area (Å²) in [5.41, 5.74) is 10.7. The van der Waals surface area contributed by atoms with Crippen LogP contribution >= 0.6 is 0 Å². The number of hydrogen-bond acceptors (Lipinski definition) is 6. The third-order valence-electron chi connectivity index (χ3n) is 7.16. The van der Waals surface area contributed by atoms with Gasteiger partial charge in [0, 0.05) is 29.6 Å². The predicted octanol–water partition coefficient (Wildman–Crippen LogP) is 4.52. The highest BCUT2D eigenvalue weighted by Gasteiger charge is 2.27. The van der Waals surface area contributed by atoms with E-state index >= 15 is 0 Å². The van der Waals surface area contributed by atoms with Crippen molar-refractivity contribution in [1.29, 1.82) is 0 Å². The van der Waals surface area contributed by atoms with Crippen molar-refractivity contribution in [3.05, 3.63) is 72.3 Å². The molecule has 0 radical (unpaired) electrons. The topological polar surface area (TPSA) is 107 Å². The molecule has 1 aliphatic heterocycles. The molecule has 1 unspecified atom stereocenters. The molecule has 1 atom stereocenters. The van der Waals surface area contributed by atoms with Crippen molar-refractivity contribution in [2.45, 2.75) is 50.7 Å². The first-order chi connectivity index (χ1) is 17.7. The van der Waals surface area contributed by atoms with E-state index in [1.165, 1.54) is 6.42 Å². The fourth-order valence-corrected chi connectivity index (χ4v) is 5.02. The smallest absolute Gasteiger partial charge is 0.241 e. The highest BCUT2D eigenvalue weighted by atomic mass is 16.5. The third-order valence-corrected chi connectivity index (χ3v) is 7.16. The molecule has 8 nitrogen and oxygen atoms in total. The van der Waals surface area contributed by atoms with Crippen LogP contribution in [-0.2, 0) is 11.4 Å². The molecule has 4 aromatic rings. The van der Waals surface area contributed by atoms with E-state index in [0.29, 0.717) is 18.3 Å². The van der Waals surface area contributed by atoms with E-state index in [9.17, 15) is 4.79 Å². The van der Waals surface area contributed by atoms with Crippen molar-refractivity contribution in [1.82, 2.24) is 19.7 Å². The zero-order chi connectivity index (χ0) is 24.5. The molecule has 2 fully saturated rings. The van der Waals surface area contributed by atoms with Gasteiger partial charge in [0.25, 0.3) is 0 Å². The van der Waals surface area contributed by atoms with E-state index < -0.39 is 0 Å². The Hall–Kier alpha value is -3.91. The standard InChI is InChI=1S/C28H30N6O2/c29-26-25-24(33-27(19-6-2-7-19)34(25)14-13-31-26)20-8-3-10-22(16-20)36-17-18-5-1-9-21(15-18)32-28(35)23-11-4-12-30-23/h1,3,5,8-10,13-16,19,23,30H,2,4,6-7,11-12,17H2,(H2,29,31)(H,32,35). The lowest BCUT2D eigenvalue weighted by Crippen LogP contribution is -2.35. The van der Waals surface area contributed by atoms with Crippen molar-refractivity contribution in [3.63, 3.8) is 0 Å². The summed E-state index contributed by atoms with van der Waals surface area (Å²) in [5.74, 6) is 2.75. The number of benzene rings is 2. The van der Waals surface area contributed by atoms with Gasteiger partial charge in [0.15, 0.2) is 0 Å². The van der Waals surface area contributed by atoms with Crippen LogP contribution in [0.2, 0.25) is 0 Å². The molecule has 1 saturated heterocycles. The van der Waals surface area contributed by atoms with Gasteiger partial charge < -0.3 is 21.1 Å². The number of anilines is 2. The van der Waals surface area contributed by atoms with E-state index in [-0.39, 0.29) is 11.9 Å². The molecule has 6 rings (SSSR count). The highest BCUT2D eigenvalue weighted by Crippen LogP contribution is 2.39. The fourth-order valence-electron chi connectivity index (χ4n) is 5.02. The number of nitrogens with one attached hydrogen (secondary N) is 2. The van der Waals surface area contributed by atoms with Gasteiger partial charge in [-0.3, -0.25) is 9.20 Å². The average molecular weight is 483 g/mol. The van der Waals surface area contributed by atoms with E-state index in [0.717, 1.165) is 71.8 Å². The second-order valence-electron chi connectivity index (χ2n) is 9.63. The molecule has 4 N–H and O–H groups in total. The molecule has 36 heavy (non-hydrogen) atoms. The molecular weight excluding hydrogens is 452 g/mol. The zero-order valence-corrected chi connectivity index (χ0v) is 20.1. The summed E-state index contributed by atoms with van der Waals surface area (Å²) in [6, 6.07) is 15.6. The number of fused-ring (bicyclic) bond motifs is 1. The second kappa shape index (κ2) is 9.62. The maximum atomic E-state index is 12.4. The number of hydrogen-bond donors (Lipinski definition) is 3. The van der Waals surface area contributed by atoms with Crippen LogP contribution in [0.15, 0.2) is 60.9 Å². The first-order valence-corrected chi connectivity index (χ1v) is 12.6. The molecule has 1 amide bonds. The number of nitrogens with zero attached hydrogens (tertiary/aromatic N) is 3. The summed E-state index contributed by atoms with van der Waals surface area (Å²) in [5, 5.41) is 6.24. The Labute approximate surface area is 209 Å². The largest absolute Gasteiger partial charge is 0.489 e. The summed E-state index contributed by atoms with van der Waals surface area (Å²) in [7, 11) is 0. The summed E-state index contributed by atoms with van der Waals surface area (Å²) < 4.78 is 8.23. The Morgan fingerprint density at radius 2 is 2.03 bits per heavy atom. The van der Waals surface area contributed by atoms with E-state index in [1.54, 1.807) is 6.20 Å². The van der Waals surface area contributed by atoms with Gasteiger partial charge in [0.05, 0.1) is 6.04 Å². The number of carbonyl (C=O) groups is 1. The van der Waals surface area contributed by atoms with Gasteiger partial charge in [-0.2, -0.15) is 0 Å². The van der Waals surface area contributed by atoms with Crippen LogP contribution in [-0.4, -0.2) is 32.9 Å². The van der Waals surface area contributed by atoms with Crippen molar-refractivity contribution < 1.29 is 9.53 Å². The molecule has 1 saturated carbocycles. The van der Waals surface area contributed by atoms with Gasteiger partial charge in [-0.25, -0.2) is 9.97 Å². The van der Waals surface area contributed by atoms with Gasteiger partial charge >= 0.3 is 0 Å². The Balaban J connectivity index is 1.20. The van der Waals surface area contributed by atoms with E-state index in [2.05, 4.69) is 20.0 Å². The third kappa shape index (κ3) is 4.40. The quantitative estimate of drug-likeness (QED) is 0.358. The molecular formula is C28H30N6O2. The number of amides is 1. The predicted molar refractivity (Wildman–Crippen MR) is 140 cm³/mol. The Morgan fingerprint density at radius 3 is 2.83 bits per heavy atom. The van der Waals surface area contributed by atoms with Crippen molar-refractivity contribution >= 4 is 22.9 Å². The van der Waals surface area contributed by atoms with Gasteiger partial charge in [0.2, 0.25) is 5.91 Å². The number of nitrogens with two attached hydrogens (primary N) is 1. The zero-order valence-electron chi connectivity index (χ0n) is 20.1. The second-order valence-corrected chi connectivity index (χ2v) is 9.63. The van der Waals surface area contributed by atoms with Gasteiger partial charge in [-0.1, -0.05) is 30.7 Å². The Kier molecular flexibility index (Phi) is 6.03. The number of ether oxygens (including phenoxy) is 1. The summed E-state index contributed by atoms with van der Waals surface area (Å²) in [4.78, 5) is 21.8. The summed E-state index contributed by atoms with van der Waals surface area (Å²) in [6.07, 6.45) is 9.13. The lowest BCUT2D eigenvalue weighted by molar-refractivity contribution is -0.117. The van der Waals surface area contributed by atoms with Crippen LogP contribution in [0.4, 0.5) is 11.5 Å². The maximum Gasteiger partial charge on any atom is 0.241 e. The average Bonchev–Trinajstić information content (AvgIpc) is 3.52.